The smallest absolute Gasteiger partial charge is 0.317 e. The second-order valence-electron chi connectivity index (χ2n) is 4.94. The zero-order chi connectivity index (χ0) is 15.4. The van der Waals surface area contributed by atoms with Gasteiger partial charge in [0.1, 0.15) is 5.82 Å². The minimum Gasteiger partial charge on any atom is -0.480 e. The minimum atomic E-state index is -0.864. The lowest BCUT2D eigenvalue weighted by molar-refractivity contribution is -0.138. The Morgan fingerprint density at radius 3 is 2.67 bits per heavy atom. The highest BCUT2D eigenvalue weighted by atomic mass is 79.9. The number of aliphatic carboxylic acids is 1. The van der Waals surface area contributed by atoms with E-state index < -0.39 is 11.8 Å². The van der Waals surface area contributed by atoms with E-state index in [4.69, 9.17) is 5.11 Å². The maximum absolute atomic E-state index is 13.2. The Hall–Kier alpha value is -1.47. The molecule has 0 radical (unpaired) electrons. The van der Waals surface area contributed by atoms with Gasteiger partial charge >= 0.3 is 5.97 Å². The summed E-state index contributed by atoms with van der Waals surface area (Å²) in [6.45, 7) is 2.22. The Bertz CT molecular complexity index is 553. The van der Waals surface area contributed by atoms with Crippen molar-refractivity contribution in [1.29, 1.82) is 0 Å². The SMILES string of the molecule is O=C(O)CN1CCCN(C(=O)c2ccc(F)c(Br)c2)CC1. The van der Waals surface area contributed by atoms with Crippen molar-refractivity contribution < 1.29 is 19.1 Å². The summed E-state index contributed by atoms with van der Waals surface area (Å²) in [6.07, 6.45) is 0.724. The average molecular weight is 359 g/mol. The Balaban J connectivity index is 2.02. The second kappa shape index (κ2) is 7.00. The van der Waals surface area contributed by atoms with Gasteiger partial charge in [-0.25, -0.2) is 4.39 Å². The van der Waals surface area contributed by atoms with E-state index in [1.165, 1.54) is 18.2 Å². The monoisotopic (exact) mass is 358 g/mol. The lowest BCUT2D eigenvalue weighted by Crippen LogP contribution is -2.36. The Morgan fingerprint density at radius 2 is 2.00 bits per heavy atom. The number of nitrogens with zero attached hydrogens (tertiary/aromatic N) is 2. The van der Waals surface area contributed by atoms with E-state index in [9.17, 15) is 14.0 Å². The van der Waals surface area contributed by atoms with Crippen molar-refractivity contribution >= 4 is 27.8 Å². The molecule has 1 aromatic rings. The van der Waals surface area contributed by atoms with Crippen LogP contribution in [0.25, 0.3) is 0 Å². The van der Waals surface area contributed by atoms with Gasteiger partial charge in [0, 0.05) is 31.7 Å². The molecule has 7 heteroatoms. The molecule has 5 nitrogen and oxygen atoms in total. The first kappa shape index (κ1) is 15.9. The van der Waals surface area contributed by atoms with E-state index in [-0.39, 0.29) is 16.9 Å². The van der Waals surface area contributed by atoms with Gasteiger partial charge in [-0.3, -0.25) is 14.5 Å². The number of carboxylic acids is 1. The van der Waals surface area contributed by atoms with Gasteiger partial charge in [0.25, 0.3) is 5.91 Å². The molecule has 1 aromatic carbocycles. The molecule has 1 fully saturated rings. The van der Waals surface area contributed by atoms with Crippen LogP contribution in [0.3, 0.4) is 0 Å². The normalized spacial score (nSPS) is 16.6. The number of amides is 1. The van der Waals surface area contributed by atoms with E-state index in [2.05, 4.69) is 15.9 Å². The van der Waals surface area contributed by atoms with E-state index >= 15 is 0 Å². The number of carboxylic acid groups (broad SMARTS) is 1. The number of benzene rings is 1. The van der Waals surface area contributed by atoms with Gasteiger partial charge in [-0.15, -0.1) is 0 Å². The molecule has 114 valence electrons. The summed E-state index contributed by atoms with van der Waals surface area (Å²) < 4.78 is 13.5. The molecule has 1 heterocycles. The average Bonchev–Trinajstić information content (AvgIpc) is 2.66. The number of carbonyl (C=O) groups is 2. The molecule has 21 heavy (non-hydrogen) atoms. The summed E-state index contributed by atoms with van der Waals surface area (Å²) in [7, 11) is 0. The summed E-state index contributed by atoms with van der Waals surface area (Å²) in [5.74, 6) is -1.43. The Morgan fingerprint density at radius 1 is 1.24 bits per heavy atom. The highest BCUT2D eigenvalue weighted by Crippen LogP contribution is 2.18. The van der Waals surface area contributed by atoms with Crippen LogP contribution < -0.4 is 0 Å². The Labute approximate surface area is 130 Å². The van der Waals surface area contributed by atoms with E-state index in [1.807, 2.05) is 4.90 Å². The van der Waals surface area contributed by atoms with E-state index in [1.54, 1.807) is 4.90 Å². The molecule has 0 unspecified atom stereocenters. The number of halogens is 2. The molecule has 0 atom stereocenters. The van der Waals surface area contributed by atoms with Crippen molar-refractivity contribution in [3.63, 3.8) is 0 Å². The molecule has 0 spiro atoms. The molecule has 0 aliphatic carbocycles. The van der Waals surface area contributed by atoms with Crippen LogP contribution in [0, 0.1) is 5.82 Å². The third-order valence-corrected chi connectivity index (χ3v) is 4.01. The molecule has 1 aliphatic heterocycles. The van der Waals surface area contributed by atoms with Gasteiger partial charge in [0.2, 0.25) is 0 Å². The van der Waals surface area contributed by atoms with Gasteiger partial charge in [-0.05, 0) is 40.5 Å². The van der Waals surface area contributed by atoms with Crippen molar-refractivity contribution in [2.75, 3.05) is 32.7 Å². The van der Waals surface area contributed by atoms with Gasteiger partial charge in [-0.1, -0.05) is 0 Å². The molecule has 0 saturated carbocycles. The van der Waals surface area contributed by atoms with Gasteiger partial charge in [0.05, 0.1) is 11.0 Å². The molecule has 0 bridgehead atoms. The number of carbonyl (C=O) groups excluding carboxylic acids is 1. The van der Waals surface area contributed by atoms with Crippen molar-refractivity contribution in [1.82, 2.24) is 9.80 Å². The Kier molecular flexibility index (Phi) is 5.30. The molecule has 1 amide bonds. The van der Waals surface area contributed by atoms with Crippen LogP contribution in [0.4, 0.5) is 4.39 Å². The molecule has 2 rings (SSSR count). The minimum absolute atomic E-state index is 0.00979. The van der Waals surface area contributed by atoms with Crippen LogP contribution in [0.15, 0.2) is 22.7 Å². The van der Waals surface area contributed by atoms with Gasteiger partial charge in [-0.2, -0.15) is 0 Å². The standard InChI is InChI=1S/C14H16BrFN2O3/c15-11-8-10(2-3-12(11)16)14(21)18-5-1-4-17(6-7-18)9-13(19)20/h2-3,8H,1,4-7,9H2,(H,19,20). The van der Waals surface area contributed by atoms with Gasteiger partial charge in [0.15, 0.2) is 0 Å². The maximum atomic E-state index is 13.2. The number of hydrogen-bond donors (Lipinski definition) is 1. The summed E-state index contributed by atoms with van der Waals surface area (Å²) in [5, 5.41) is 8.80. The van der Waals surface area contributed by atoms with E-state index in [0.717, 1.165) is 6.42 Å². The van der Waals surface area contributed by atoms with Crippen molar-refractivity contribution in [2.45, 2.75) is 6.42 Å². The van der Waals surface area contributed by atoms with Crippen LogP contribution in [-0.4, -0.2) is 59.5 Å². The zero-order valence-electron chi connectivity index (χ0n) is 11.4. The topological polar surface area (TPSA) is 60.9 Å². The van der Waals surface area contributed by atoms with Crippen LogP contribution in [-0.2, 0) is 4.79 Å². The highest BCUT2D eigenvalue weighted by Gasteiger charge is 2.21. The molecule has 1 N–H and O–H groups in total. The molecule has 1 aliphatic rings. The van der Waals surface area contributed by atoms with Crippen molar-refractivity contribution in [3.05, 3.63) is 34.1 Å². The lowest BCUT2D eigenvalue weighted by Gasteiger charge is -2.21. The van der Waals surface area contributed by atoms with Crippen molar-refractivity contribution in [3.8, 4) is 0 Å². The lowest BCUT2D eigenvalue weighted by atomic mass is 10.2. The first-order valence-electron chi connectivity index (χ1n) is 6.66. The third-order valence-electron chi connectivity index (χ3n) is 3.40. The largest absolute Gasteiger partial charge is 0.480 e. The fourth-order valence-corrected chi connectivity index (χ4v) is 2.71. The van der Waals surface area contributed by atoms with Gasteiger partial charge < -0.3 is 10.0 Å². The predicted octanol–water partition coefficient (Wildman–Crippen LogP) is 1.82. The summed E-state index contributed by atoms with van der Waals surface area (Å²) in [5.41, 5.74) is 0.426. The molecular formula is C14H16BrFN2O3. The van der Waals surface area contributed by atoms with Crippen LogP contribution in [0.5, 0.6) is 0 Å². The van der Waals surface area contributed by atoms with Crippen molar-refractivity contribution in [2.24, 2.45) is 0 Å². The second-order valence-corrected chi connectivity index (χ2v) is 5.80. The summed E-state index contributed by atoms with van der Waals surface area (Å²) >= 11 is 3.07. The molecule has 1 saturated heterocycles. The first-order chi connectivity index (χ1) is 9.97. The summed E-state index contributed by atoms with van der Waals surface area (Å²) in [6, 6.07) is 4.19. The summed E-state index contributed by atoms with van der Waals surface area (Å²) in [4.78, 5) is 26.6. The fraction of sp³-hybridized carbons (Fsp3) is 0.429. The first-order valence-corrected chi connectivity index (χ1v) is 7.45. The molecule has 0 aromatic heterocycles. The third kappa shape index (κ3) is 4.25. The van der Waals surface area contributed by atoms with Crippen LogP contribution >= 0.6 is 15.9 Å². The van der Waals surface area contributed by atoms with E-state index in [0.29, 0.717) is 31.7 Å². The van der Waals surface area contributed by atoms with Crippen LogP contribution in [0.1, 0.15) is 16.8 Å². The number of rotatable bonds is 3. The zero-order valence-corrected chi connectivity index (χ0v) is 13.0. The quantitative estimate of drug-likeness (QED) is 0.895. The highest BCUT2D eigenvalue weighted by molar-refractivity contribution is 9.10. The maximum Gasteiger partial charge on any atom is 0.317 e. The predicted molar refractivity (Wildman–Crippen MR) is 78.7 cm³/mol. The molecular weight excluding hydrogens is 343 g/mol. The fourth-order valence-electron chi connectivity index (χ4n) is 2.34. The van der Waals surface area contributed by atoms with Crippen LogP contribution in [0.2, 0.25) is 0 Å². The number of hydrogen-bond acceptors (Lipinski definition) is 3.